The maximum Gasteiger partial charge on any atom is 0.408 e. The summed E-state index contributed by atoms with van der Waals surface area (Å²) in [6.07, 6.45) is -4.50. The fourth-order valence-electron chi connectivity index (χ4n) is 3.31. The Kier molecular flexibility index (Phi) is 4.62. The van der Waals surface area contributed by atoms with Gasteiger partial charge in [0, 0.05) is 12.0 Å². The van der Waals surface area contributed by atoms with Crippen molar-refractivity contribution in [2.75, 3.05) is 0 Å². The Bertz CT molecular complexity index is 677. The number of rotatable bonds is 2. The molecule has 0 radical (unpaired) electrons. The third kappa shape index (κ3) is 3.72. The molecule has 1 aromatic carbocycles. The highest BCUT2D eigenvalue weighted by atomic mass is 19.4. The van der Waals surface area contributed by atoms with Gasteiger partial charge in [-0.25, -0.2) is 0 Å². The van der Waals surface area contributed by atoms with Crippen LogP contribution in [0.4, 0.5) is 13.2 Å². The van der Waals surface area contributed by atoms with Crippen molar-refractivity contribution in [3.05, 3.63) is 29.8 Å². The smallest absolute Gasteiger partial charge is 0.408 e. The second-order valence-corrected chi connectivity index (χ2v) is 6.50. The molecule has 1 fully saturated rings. The van der Waals surface area contributed by atoms with Crippen molar-refractivity contribution >= 4 is 11.8 Å². The van der Waals surface area contributed by atoms with Crippen molar-refractivity contribution in [1.82, 2.24) is 10.6 Å². The first-order valence-corrected chi connectivity index (χ1v) is 8.18. The topological polar surface area (TPSA) is 67.4 Å². The zero-order valence-corrected chi connectivity index (χ0v) is 13.6. The average Bonchev–Trinajstić information content (AvgIpc) is 2.53. The van der Waals surface area contributed by atoms with Gasteiger partial charge in [0.05, 0.1) is 12.1 Å². The summed E-state index contributed by atoms with van der Waals surface area (Å²) >= 11 is 0. The summed E-state index contributed by atoms with van der Waals surface area (Å²) in [6, 6.07) is 5.05. The molecule has 0 aromatic heterocycles. The first-order chi connectivity index (χ1) is 11.8. The zero-order chi connectivity index (χ0) is 18.2. The fourth-order valence-corrected chi connectivity index (χ4v) is 3.31. The van der Waals surface area contributed by atoms with E-state index in [1.807, 2.05) is 30.4 Å². The van der Waals surface area contributed by atoms with Crippen molar-refractivity contribution in [2.24, 2.45) is 5.92 Å². The van der Waals surface area contributed by atoms with Gasteiger partial charge < -0.3 is 15.4 Å². The van der Waals surface area contributed by atoms with Gasteiger partial charge >= 0.3 is 6.18 Å². The number of ether oxygens (including phenoxy) is 1. The van der Waals surface area contributed by atoms with E-state index in [4.69, 9.17) is 4.74 Å². The molecule has 0 bridgehead atoms. The molecule has 2 aliphatic rings. The number of piperidine rings is 1. The zero-order valence-electron chi connectivity index (χ0n) is 13.6. The molecule has 0 saturated carbocycles. The maximum atomic E-state index is 12.7. The lowest BCUT2D eigenvalue weighted by atomic mass is 9.91. The minimum atomic E-state index is -4.49. The van der Waals surface area contributed by atoms with Gasteiger partial charge in [-0.3, -0.25) is 9.59 Å². The van der Waals surface area contributed by atoms with Crippen LogP contribution in [-0.2, 0) is 9.59 Å². The summed E-state index contributed by atoms with van der Waals surface area (Å²) in [5, 5.41) is 4.70. The number of hydrogen-bond acceptors (Lipinski definition) is 3. The van der Waals surface area contributed by atoms with Gasteiger partial charge in [-0.05, 0) is 25.8 Å². The third-order valence-corrected chi connectivity index (χ3v) is 4.60. The SMILES string of the molecule is CC1CC(NC(=O)C2CCC(C(F)(F)F)NC2=O)c2ccccc2O1. The molecule has 136 valence electrons. The van der Waals surface area contributed by atoms with Gasteiger partial charge in [-0.2, -0.15) is 13.2 Å². The number of hydrogen-bond donors (Lipinski definition) is 2. The second-order valence-electron chi connectivity index (χ2n) is 6.50. The second kappa shape index (κ2) is 6.57. The Balaban J connectivity index is 1.68. The van der Waals surface area contributed by atoms with Crippen LogP contribution in [0.15, 0.2) is 24.3 Å². The predicted octanol–water partition coefficient (Wildman–Crippen LogP) is 2.47. The minimum absolute atomic E-state index is 0.116. The van der Waals surface area contributed by atoms with Gasteiger partial charge in [-0.15, -0.1) is 0 Å². The van der Waals surface area contributed by atoms with E-state index in [0.717, 1.165) is 5.56 Å². The van der Waals surface area contributed by atoms with Crippen molar-refractivity contribution < 1.29 is 27.5 Å². The van der Waals surface area contributed by atoms with Gasteiger partial charge in [0.15, 0.2) is 0 Å². The predicted molar refractivity (Wildman–Crippen MR) is 82.7 cm³/mol. The van der Waals surface area contributed by atoms with E-state index in [-0.39, 0.29) is 25.0 Å². The number of fused-ring (bicyclic) bond motifs is 1. The molecule has 1 saturated heterocycles. The van der Waals surface area contributed by atoms with Gasteiger partial charge in [0.25, 0.3) is 0 Å². The monoisotopic (exact) mass is 356 g/mol. The molecule has 2 amide bonds. The quantitative estimate of drug-likeness (QED) is 0.800. The van der Waals surface area contributed by atoms with Crippen LogP contribution in [0, 0.1) is 5.92 Å². The standard InChI is InChI=1S/C17H19F3N2O3/c1-9-8-12(10-4-2-3-5-13(10)25-9)21-15(23)11-6-7-14(17(18,19)20)22-16(11)24/h2-5,9,11-12,14H,6-8H2,1H3,(H,21,23)(H,22,24). The summed E-state index contributed by atoms with van der Waals surface area (Å²) in [6.45, 7) is 1.87. The van der Waals surface area contributed by atoms with Crippen molar-refractivity contribution in [2.45, 2.75) is 50.6 Å². The van der Waals surface area contributed by atoms with Gasteiger partial charge in [0.1, 0.15) is 17.7 Å². The summed E-state index contributed by atoms with van der Waals surface area (Å²) in [7, 11) is 0. The molecule has 0 spiro atoms. The number of carbonyl (C=O) groups is 2. The summed E-state index contributed by atoms with van der Waals surface area (Å²) < 4.78 is 43.8. The van der Waals surface area contributed by atoms with E-state index in [1.165, 1.54) is 0 Å². The number of benzene rings is 1. The molecule has 5 nitrogen and oxygen atoms in total. The third-order valence-electron chi connectivity index (χ3n) is 4.60. The maximum absolute atomic E-state index is 12.7. The van der Waals surface area contributed by atoms with E-state index in [0.29, 0.717) is 12.2 Å². The van der Waals surface area contributed by atoms with Gasteiger partial charge in [0.2, 0.25) is 11.8 Å². The summed E-state index contributed by atoms with van der Waals surface area (Å²) in [5.74, 6) is -1.87. The lowest BCUT2D eigenvalue weighted by molar-refractivity contribution is -0.171. The highest BCUT2D eigenvalue weighted by molar-refractivity contribution is 6.01. The van der Waals surface area contributed by atoms with Crippen LogP contribution in [0.1, 0.15) is 37.8 Å². The molecule has 2 aliphatic heterocycles. The summed E-state index contributed by atoms with van der Waals surface area (Å²) in [5.41, 5.74) is 0.804. The molecule has 4 unspecified atom stereocenters. The lowest BCUT2D eigenvalue weighted by Crippen LogP contribution is -2.54. The molecule has 25 heavy (non-hydrogen) atoms. The van der Waals surface area contributed by atoms with Gasteiger partial charge in [-0.1, -0.05) is 18.2 Å². The first-order valence-electron chi connectivity index (χ1n) is 8.18. The van der Waals surface area contributed by atoms with Crippen LogP contribution < -0.4 is 15.4 Å². The van der Waals surface area contributed by atoms with Crippen LogP contribution in [0.2, 0.25) is 0 Å². The molecule has 2 N–H and O–H groups in total. The van der Waals surface area contributed by atoms with E-state index in [1.54, 1.807) is 6.07 Å². The molecular formula is C17H19F3N2O3. The van der Waals surface area contributed by atoms with E-state index >= 15 is 0 Å². The number of para-hydroxylation sites is 1. The molecular weight excluding hydrogens is 337 g/mol. The summed E-state index contributed by atoms with van der Waals surface area (Å²) in [4.78, 5) is 24.4. The van der Waals surface area contributed by atoms with Crippen LogP contribution in [0.3, 0.4) is 0 Å². The molecule has 3 rings (SSSR count). The van der Waals surface area contributed by atoms with E-state index < -0.39 is 30.0 Å². The molecule has 4 atom stereocenters. The average molecular weight is 356 g/mol. The Morgan fingerprint density at radius 1 is 1.28 bits per heavy atom. The highest BCUT2D eigenvalue weighted by Crippen LogP contribution is 2.35. The first kappa shape index (κ1) is 17.6. The number of alkyl halides is 3. The number of halogens is 3. The normalized spacial score (nSPS) is 29.2. The minimum Gasteiger partial charge on any atom is -0.490 e. The number of amides is 2. The Morgan fingerprint density at radius 3 is 2.68 bits per heavy atom. The Labute approximate surface area is 142 Å². The fraction of sp³-hybridized carbons (Fsp3) is 0.529. The molecule has 8 heteroatoms. The lowest BCUT2D eigenvalue weighted by Gasteiger charge is -2.33. The van der Waals surface area contributed by atoms with Crippen LogP contribution in [0.25, 0.3) is 0 Å². The highest BCUT2D eigenvalue weighted by Gasteiger charge is 2.46. The van der Waals surface area contributed by atoms with E-state index in [9.17, 15) is 22.8 Å². The van der Waals surface area contributed by atoms with Crippen LogP contribution in [0.5, 0.6) is 5.75 Å². The number of nitrogens with one attached hydrogen (secondary N) is 2. The Hall–Kier alpha value is -2.25. The number of carbonyl (C=O) groups excluding carboxylic acids is 2. The molecule has 2 heterocycles. The van der Waals surface area contributed by atoms with Crippen molar-refractivity contribution in [3.8, 4) is 5.75 Å². The Morgan fingerprint density at radius 2 is 2.00 bits per heavy atom. The molecule has 1 aromatic rings. The van der Waals surface area contributed by atoms with Crippen molar-refractivity contribution in [1.29, 1.82) is 0 Å². The van der Waals surface area contributed by atoms with Crippen LogP contribution >= 0.6 is 0 Å². The van der Waals surface area contributed by atoms with Crippen molar-refractivity contribution in [3.63, 3.8) is 0 Å². The largest absolute Gasteiger partial charge is 0.490 e. The molecule has 0 aliphatic carbocycles. The van der Waals surface area contributed by atoms with E-state index in [2.05, 4.69) is 5.32 Å². The van der Waals surface area contributed by atoms with Crippen LogP contribution in [-0.4, -0.2) is 30.1 Å².